The number of Topliss-reactive ketones (excluding diaryl/α,β-unsaturated/α-hetero) is 1. The highest BCUT2D eigenvalue weighted by Crippen LogP contribution is 2.32. The fourth-order valence-corrected chi connectivity index (χ4v) is 9.11. The van der Waals surface area contributed by atoms with E-state index in [0.717, 1.165) is 118 Å². The van der Waals surface area contributed by atoms with Crippen LogP contribution in [0.2, 0.25) is 0 Å². The molecule has 0 spiro atoms. The van der Waals surface area contributed by atoms with E-state index in [-0.39, 0.29) is 24.6 Å². The highest BCUT2D eigenvalue weighted by molar-refractivity contribution is 6.45. The minimum absolute atomic E-state index is 0.0891. The van der Waals surface area contributed by atoms with Crippen LogP contribution in [0.3, 0.4) is 0 Å². The predicted octanol–water partition coefficient (Wildman–Crippen LogP) is 2.04. The first-order valence-corrected chi connectivity index (χ1v) is 25.8. The first-order chi connectivity index (χ1) is 34.9. The monoisotopic (exact) mass is 976 g/mol. The van der Waals surface area contributed by atoms with Crippen molar-refractivity contribution in [3.63, 3.8) is 0 Å². The topological polar surface area (TPSA) is 205 Å². The van der Waals surface area contributed by atoms with Crippen molar-refractivity contribution in [2.24, 2.45) is 0 Å². The van der Waals surface area contributed by atoms with Crippen LogP contribution in [0.15, 0.2) is 73.3 Å². The van der Waals surface area contributed by atoms with Gasteiger partial charge in [-0.25, -0.2) is 14.6 Å². The molecule has 8 rings (SSSR count). The molecule has 7 N–H and O–H groups in total. The third kappa shape index (κ3) is 16.4. The number of aromatic nitrogens is 5. The summed E-state index contributed by atoms with van der Waals surface area (Å²) in [4.78, 5) is 59.0. The minimum atomic E-state index is -0.663. The van der Waals surface area contributed by atoms with Crippen LogP contribution < -0.4 is 36.6 Å². The largest absolute Gasteiger partial charge is 0.494 e. The summed E-state index contributed by atoms with van der Waals surface area (Å²) >= 11 is 0. The fraction of sp³-hybridized carbons (Fsp3) is 0.538. The number of hydrogen-bond acceptors (Lipinski definition) is 15. The second kappa shape index (κ2) is 29.0. The van der Waals surface area contributed by atoms with Crippen LogP contribution in [0.4, 0.5) is 0 Å². The van der Waals surface area contributed by atoms with Crippen LogP contribution in [0.5, 0.6) is 5.75 Å². The number of amides is 2. The Morgan fingerprint density at radius 3 is 1.63 bits per heavy atom. The van der Waals surface area contributed by atoms with Gasteiger partial charge < -0.3 is 51.4 Å². The Kier molecular flexibility index (Phi) is 21.7. The maximum absolute atomic E-state index is 13.3. The summed E-state index contributed by atoms with van der Waals surface area (Å²) in [7, 11) is 1.47. The van der Waals surface area contributed by atoms with Gasteiger partial charge in [-0.2, -0.15) is 5.10 Å². The molecule has 3 aliphatic heterocycles. The lowest BCUT2D eigenvalue weighted by atomic mass is 10.1. The molecule has 3 fully saturated rings. The van der Waals surface area contributed by atoms with E-state index in [4.69, 9.17) is 4.74 Å². The number of pyridine rings is 1. The van der Waals surface area contributed by atoms with Gasteiger partial charge in [0.05, 0.1) is 29.8 Å². The first kappa shape index (κ1) is 53.2. The zero-order valence-electron chi connectivity index (χ0n) is 42.0. The highest BCUT2D eigenvalue weighted by Gasteiger charge is 2.31. The number of aromatic amines is 1. The van der Waals surface area contributed by atoms with Crippen molar-refractivity contribution >= 4 is 28.5 Å². The van der Waals surface area contributed by atoms with E-state index in [1.54, 1.807) is 24.0 Å². The van der Waals surface area contributed by atoms with E-state index < -0.39 is 11.7 Å². The molecule has 0 bridgehead atoms. The molecule has 3 aliphatic rings. The number of fused-ring (bicyclic) bond motifs is 1. The molecule has 5 aromatic rings. The second-order valence-electron chi connectivity index (χ2n) is 18.4. The summed E-state index contributed by atoms with van der Waals surface area (Å²) in [6.07, 6.45) is 9.28. The van der Waals surface area contributed by atoms with Crippen LogP contribution in [0, 0.1) is 6.92 Å². The predicted molar refractivity (Wildman–Crippen MR) is 278 cm³/mol. The number of piperazine rings is 1. The lowest BCUT2D eigenvalue weighted by molar-refractivity contribution is -0.127. The van der Waals surface area contributed by atoms with Crippen LogP contribution >= 0.6 is 0 Å². The third-order valence-electron chi connectivity index (χ3n) is 13.1. The molecule has 71 heavy (non-hydrogen) atoms. The molecule has 3 saturated heterocycles. The zero-order chi connectivity index (χ0) is 49.5. The van der Waals surface area contributed by atoms with Gasteiger partial charge in [-0.1, -0.05) is 42.5 Å². The van der Waals surface area contributed by atoms with E-state index >= 15 is 0 Å². The summed E-state index contributed by atoms with van der Waals surface area (Å²) in [5.74, 6) is -0.0244. The van der Waals surface area contributed by atoms with Gasteiger partial charge in [-0.15, -0.1) is 0 Å². The number of ketones is 1. The van der Waals surface area contributed by atoms with E-state index in [9.17, 15) is 14.4 Å². The molecule has 0 saturated carbocycles. The molecular formula is C52H77N15O4. The summed E-state index contributed by atoms with van der Waals surface area (Å²) in [6.45, 7) is 22.6. The Morgan fingerprint density at radius 2 is 1.11 bits per heavy atom. The van der Waals surface area contributed by atoms with Crippen molar-refractivity contribution in [2.45, 2.75) is 45.7 Å². The summed E-state index contributed by atoms with van der Waals surface area (Å²) in [5, 5.41) is 26.1. The number of nitrogens with one attached hydrogen (secondary N) is 7. The molecule has 19 heteroatoms. The number of H-pyrrole nitrogens is 1. The summed E-state index contributed by atoms with van der Waals surface area (Å²) in [6, 6.07) is 18.4. The van der Waals surface area contributed by atoms with E-state index in [2.05, 4.69) is 86.0 Å². The van der Waals surface area contributed by atoms with Crippen molar-refractivity contribution in [1.82, 2.24) is 76.2 Å². The molecule has 2 amide bonds. The van der Waals surface area contributed by atoms with Crippen LogP contribution in [-0.4, -0.2) is 200 Å². The number of aryl methyl sites for hydroxylation is 1. The molecule has 0 radical (unpaired) electrons. The molecule has 3 aromatic heterocycles. The first-order valence-electron chi connectivity index (χ1n) is 25.8. The standard InChI is InChI=1S/C28H54N8.C24H23N7O4/c1-9-29-15-17-31-13-3-21-35(23-19-33-11-1)25-27-5-7-28(8-6-27)26-36-22-4-14-32-18-16-30-10-2-12-34-20-24-36;1-15-27-14-31(28-15)22-20-19(18(35-2)13-26-22)17(12-25-20)21(32)24(34)30-10-8-29(9-11-30)23(33)16-6-4-3-5-7-16/h5-8,29-34H,1-4,9-26H2;3-7,12-14,25H,8-11H2,1-2H3. The number of nitrogens with zero attached hydrogens (tertiary/aromatic N) is 8. The van der Waals surface area contributed by atoms with Gasteiger partial charge in [0, 0.05) is 103 Å². The maximum Gasteiger partial charge on any atom is 0.295 e. The van der Waals surface area contributed by atoms with Crippen molar-refractivity contribution in [3.8, 4) is 11.6 Å². The molecule has 6 heterocycles. The van der Waals surface area contributed by atoms with Gasteiger partial charge in [-0.3, -0.25) is 24.2 Å². The van der Waals surface area contributed by atoms with Gasteiger partial charge in [0.15, 0.2) is 5.82 Å². The molecule has 384 valence electrons. The normalized spacial score (nSPS) is 18.4. The number of carbonyl (C=O) groups is 3. The average molecular weight is 976 g/mol. The van der Waals surface area contributed by atoms with Crippen molar-refractivity contribution in [3.05, 3.63) is 101 Å². The van der Waals surface area contributed by atoms with Crippen LogP contribution in [0.25, 0.3) is 16.7 Å². The molecule has 2 aromatic carbocycles. The number of methoxy groups -OCH3 is 1. The number of ether oxygens (including phenoxy) is 1. The van der Waals surface area contributed by atoms with E-state index in [1.165, 1.54) is 72.2 Å². The number of hydrogen-bond donors (Lipinski definition) is 7. The van der Waals surface area contributed by atoms with Gasteiger partial charge >= 0.3 is 0 Å². The molecule has 0 aliphatic carbocycles. The minimum Gasteiger partial charge on any atom is -0.494 e. The Bertz CT molecular complexity index is 2280. The van der Waals surface area contributed by atoms with E-state index in [1.807, 2.05) is 18.2 Å². The lowest BCUT2D eigenvalue weighted by Gasteiger charge is -2.34. The maximum atomic E-state index is 13.3. The molecular weight excluding hydrogens is 899 g/mol. The number of benzene rings is 2. The molecule has 19 nitrogen and oxygen atoms in total. The van der Waals surface area contributed by atoms with Gasteiger partial charge in [0.2, 0.25) is 0 Å². The Labute approximate surface area is 419 Å². The summed E-state index contributed by atoms with van der Waals surface area (Å²) in [5.41, 5.74) is 4.14. The lowest BCUT2D eigenvalue weighted by Crippen LogP contribution is -2.52. The fourth-order valence-electron chi connectivity index (χ4n) is 9.11. The smallest absolute Gasteiger partial charge is 0.295 e. The highest BCUT2D eigenvalue weighted by atomic mass is 16.5. The van der Waals surface area contributed by atoms with Crippen LogP contribution in [0.1, 0.15) is 63.4 Å². The second-order valence-corrected chi connectivity index (χ2v) is 18.4. The number of carbonyl (C=O) groups excluding carboxylic acids is 3. The van der Waals surface area contributed by atoms with Gasteiger partial charge in [-0.05, 0) is 108 Å². The van der Waals surface area contributed by atoms with Crippen molar-refractivity contribution < 1.29 is 19.1 Å². The Hall–Kier alpha value is -5.64. The summed E-state index contributed by atoms with van der Waals surface area (Å²) < 4.78 is 6.92. The molecule has 0 atom stereocenters. The average Bonchev–Trinajstić information content (AvgIpc) is 4.05. The third-order valence-corrected chi connectivity index (χ3v) is 13.1. The Morgan fingerprint density at radius 1 is 0.592 bits per heavy atom. The Balaban J connectivity index is 0.000000209. The SMILES string of the molecule is COc1cnc(-n2cnc(C)n2)c2[nH]cc(C(=O)C(=O)N3CCN(C(=O)c4ccccc4)CC3)c12.c1cc(CN2CCCNCCNCCCNCC2)ccc1CN1CCCNCCNCCCNCC1. The van der Waals surface area contributed by atoms with Crippen molar-refractivity contribution in [2.75, 3.05) is 138 Å². The van der Waals surface area contributed by atoms with Gasteiger partial charge in [0.25, 0.3) is 17.6 Å². The number of rotatable bonds is 9. The molecule has 0 unspecified atom stereocenters. The quantitative estimate of drug-likeness (QED) is 0.0835. The van der Waals surface area contributed by atoms with Crippen molar-refractivity contribution in [1.29, 1.82) is 0 Å². The van der Waals surface area contributed by atoms with Crippen LogP contribution in [-0.2, 0) is 17.9 Å². The van der Waals surface area contributed by atoms with Gasteiger partial charge in [0.1, 0.15) is 17.9 Å². The van der Waals surface area contributed by atoms with E-state index in [0.29, 0.717) is 46.9 Å². The zero-order valence-corrected chi connectivity index (χ0v) is 42.0.